The van der Waals surface area contributed by atoms with E-state index in [4.69, 9.17) is 0 Å². The number of aromatic nitrogens is 3. The lowest BCUT2D eigenvalue weighted by atomic mass is 10.0. The molecule has 0 saturated heterocycles. The Kier molecular flexibility index (Phi) is 3.33. The standard InChI is InChI=1S/C18H18N4O/c1-11-8-16(18-19-6-7-20-18)22-15-5-2-12(9-14(11)15)10-17(23)21-13-3-4-13/h2,5-9,13H,3-4,10H2,1H3,(H,19,20)(H,21,23). The van der Waals surface area contributed by atoms with Gasteiger partial charge in [0, 0.05) is 23.8 Å². The zero-order valence-electron chi connectivity index (χ0n) is 13.0. The van der Waals surface area contributed by atoms with Crippen molar-refractivity contribution in [3.63, 3.8) is 0 Å². The highest BCUT2D eigenvalue weighted by Crippen LogP contribution is 2.24. The van der Waals surface area contributed by atoms with Crippen molar-refractivity contribution in [2.75, 3.05) is 0 Å². The molecule has 116 valence electrons. The average molecular weight is 306 g/mol. The Morgan fingerprint density at radius 1 is 1.35 bits per heavy atom. The third-order valence-corrected chi connectivity index (χ3v) is 4.13. The Morgan fingerprint density at radius 3 is 2.96 bits per heavy atom. The van der Waals surface area contributed by atoms with Crippen LogP contribution in [0.25, 0.3) is 22.4 Å². The summed E-state index contributed by atoms with van der Waals surface area (Å²) in [7, 11) is 0. The lowest BCUT2D eigenvalue weighted by molar-refractivity contribution is -0.120. The summed E-state index contributed by atoms with van der Waals surface area (Å²) in [5.41, 5.74) is 3.90. The second kappa shape index (κ2) is 5.50. The summed E-state index contributed by atoms with van der Waals surface area (Å²) in [6.45, 7) is 2.06. The van der Waals surface area contributed by atoms with E-state index in [1.165, 1.54) is 0 Å². The van der Waals surface area contributed by atoms with Gasteiger partial charge in [0.1, 0.15) is 5.69 Å². The van der Waals surface area contributed by atoms with Crippen molar-refractivity contribution >= 4 is 16.8 Å². The minimum absolute atomic E-state index is 0.102. The van der Waals surface area contributed by atoms with E-state index in [9.17, 15) is 4.79 Å². The maximum Gasteiger partial charge on any atom is 0.224 e. The summed E-state index contributed by atoms with van der Waals surface area (Å²) in [6, 6.07) is 8.45. The number of carbonyl (C=O) groups is 1. The molecule has 5 nitrogen and oxygen atoms in total. The van der Waals surface area contributed by atoms with E-state index in [-0.39, 0.29) is 5.91 Å². The second-order valence-corrected chi connectivity index (χ2v) is 6.13. The van der Waals surface area contributed by atoms with Crippen LogP contribution < -0.4 is 5.32 Å². The maximum absolute atomic E-state index is 12.0. The smallest absolute Gasteiger partial charge is 0.224 e. The van der Waals surface area contributed by atoms with E-state index >= 15 is 0 Å². The van der Waals surface area contributed by atoms with Gasteiger partial charge in [-0.05, 0) is 49.1 Å². The van der Waals surface area contributed by atoms with Gasteiger partial charge in [-0.2, -0.15) is 0 Å². The molecule has 1 fully saturated rings. The van der Waals surface area contributed by atoms with Crippen molar-refractivity contribution in [1.29, 1.82) is 0 Å². The van der Waals surface area contributed by atoms with Crippen LogP contribution in [0.2, 0.25) is 0 Å². The lowest BCUT2D eigenvalue weighted by Gasteiger charge is -2.08. The van der Waals surface area contributed by atoms with Crippen molar-refractivity contribution < 1.29 is 4.79 Å². The SMILES string of the molecule is Cc1cc(-c2ncc[nH]2)nc2ccc(CC(=O)NC3CC3)cc12. The first-order chi connectivity index (χ1) is 11.2. The van der Waals surface area contributed by atoms with Gasteiger partial charge in [0.2, 0.25) is 5.91 Å². The number of H-pyrrole nitrogens is 1. The van der Waals surface area contributed by atoms with Gasteiger partial charge in [-0.3, -0.25) is 4.79 Å². The van der Waals surface area contributed by atoms with E-state index in [0.717, 1.165) is 46.4 Å². The molecule has 0 radical (unpaired) electrons. The molecule has 5 heteroatoms. The Morgan fingerprint density at radius 2 is 2.22 bits per heavy atom. The highest BCUT2D eigenvalue weighted by atomic mass is 16.1. The number of benzene rings is 1. The fourth-order valence-electron chi connectivity index (χ4n) is 2.77. The molecule has 0 aliphatic heterocycles. The van der Waals surface area contributed by atoms with Crippen molar-refractivity contribution in [2.45, 2.75) is 32.2 Å². The number of hydrogen-bond acceptors (Lipinski definition) is 3. The minimum atomic E-state index is 0.102. The van der Waals surface area contributed by atoms with Crippen LogP contribution in [0.1, 0.15) is 24.0 Å². The van der Waals surface area contributed by atoms with Crippen LogP contribution in [0, 0.1) is 6.92 Å². The normalized spacial score (nSPS) is 14.1. The van der Waals surface area contributed by atoms with Gasteiger partial charge in [-0.15, -0.1) is 0 Å². The number of hydrogen-bond donors (Lipinski definition) is 2. The Hall–Kier alpha value is -2.69. The van der Waals surface area contributed by atoms with Crippen LogP contribution in [-0.4, -0.2) is 26.9 Å². The van der Waals surface area contributed by atoms with Crippen molar-refractivity contribution in [1.82, 2.24) is 20.3 Å². The molecule has 2 aromatic heterocycles. The molecular formula is C18H18N4O. The molecule has 2 heterocycles. The number of amides is 1. The Balaban J connectivity index is 1.64. The number of aromatic amines is 1. The van der Waals surface area contributed by atoms with Gasteiger partial charge in [0.15, 0.2) is 5.82 Å². The molecule has 0 unspecified atom stereocenters. The summed E-state index contributed by atoms with van der Waals surface area (Å²) in [5, 5.41) is 4.11. The zero-order valence-corrected chi connectivity index (χ0v) is 13.0. The van der Waals surface area contributed by atoms with E-state index in [1.54, 1.807) is 12.4 Å². The summed E-state index contributed by atoms with van der Waals surface area (Å²) in [4.78, 5) is 24.0. The summed E-state index contributed by atoms with van der Waals surface area (Å²) >= 11 is 0. The van der Waals surface area contributed by atoms with Crippen LogP contribution in [0.4, 0.5) is 0 Å². The van der Waals surface area contributed by atoms with E-state index < -0.39 is 0 Å². The molecule has 1 saturated carbocycles. The number of carbonyl (C=O) groups excluding carboxylic acids is 1. The molecular weight excluding hydrogens is 288 g/mol. The maximum atomic E-state index is 12.0. The second-order valence-electron chi connectivity index (χ2n) is 6.13. The molecule has 0 bridgehead atoms. The van der Waals surface area contributed by atoms with E-state index in [0.29, 0.717) is 12.5 Å². The first-order valence-corrected chi connectivity index (χ1v) is 7.88. The van der Waals surface area contributed by atoms with Crippen LogP contribution in [-0.2, 0) is 11.2 Å². The monoisotopic (exact) mass is 306 g/mol. The molecule has 3 aromatic rings. The molecule has 4 rings (SSSR count). The van der Waals surface area contributed by atoms with Gasteiger partial charge in [0.05, 0.1) is 11.9 Å². The molecule has 0 atom stereocenters. The number of fused-ring (bicyclic) bond motifs is 1. The molecule has 1 aliphatic rings. The number of pyridine rings is 1. The third kappa shape index (κ3) is 2.95. The van der Waals surface area contributed by atoms with Crippen molar-refractivity contribution in [3.8, 4) is 11.5 Å². The number of imidazole rings is 1. The van der Waals surface area contributed by atoms with Gasteiger partial charge in [-0.1, -0.05) is 6.07 Å². The van der Waals surface area contributed by atoms with Crippen LogP contribution in [0.15, 0.2) is 36.7 Å². The fraction of sp³-hybridized carbons (Fsp3) is 0.278. The molecule has 0 spiro atoms. The van der Waals surface area contributed by atoms with Gasteiger partial charge in [0.25, 0.3) is 0 Å². The largest absolute Gasteiger partial charge is 0.353 e. The number of rotatable bonds is 4. The Labute approximate surface area is 134 Å². The van der Waals surface area contributed by atoms with Crippen LogP contribution in [0.5, 0.6) is 0 Å². The molecule has 1 amide bonds. The number of nitrogens with zero attached hydrogens (tertiary/aromatic N) is 2. The Bertz CT molecular complexity index is 866. The molecule has 23 heavy (non-hydrogen) atoms. The fourth-order valence-corrected chi connectivity index (χ4v) is 2.77. The summed E-state index contributed by atoms with van der Waals surface area (Å²) < 4.78 is 0. The van der Waals surface area contributed by atoms with Crippen LogP contribution in [0.3, 0.4) is 0 Å². The third-order valence-electron chi connectivity index (χ3n) is 4.13. The lowest BCUT2D eigenvalue weighted by Crippen LogP contribution is -2.26. The predicted molar refractivity (Wildman–Crippen MR) is 88.9 cm³/mol. The summed E-state index contributed by atoms with van der Waals surface area (Å²) in [6.07, 6.45) is 6.16. The first-order valence-electron chi connectivity index (χ1n) is 7.88. The van der Waals surface area contributed by atoms with Crippen molar-refractivity contribution in [2.24, 2.45) is 0 Å². The van der Waals surface area contributed by atoms with Gasteiger partial charge in [-0.25, -0.2) is 9.97 Å². The molecule has 1 aliphatic carbocycles. The predicted octanol–water partition coefficient (Wildman–Crippen LogP) is 2.75. The minimum Gasteiger partial charge on any atom is -0.353 e. The molecule has 2 N–H and O–H groups in total. The topological polar surface area (TPSA) is 70.7 Å². The zero-order chi connectivity index (χ0) is 15.8. The van der Waals surface area contributed by atoms with Crippen LogP contribution >= 0.6 is 0 Å². The highest BCUT2D eigenvalue weighted by molar-refractivity contribution is 5.87. The molecule has 1 aromatic carbocycles. The quantitative estimate of drug-likeness (QED) is 0.778. The first kappa shape index (κ1) is 13.9. The summed E-state index contributed by atoms with van der Waals surface area (Å²) in [5.74, 6) is 0.868. The van der Waals surface area contributed by atoms with E-state index in [2.05, 4.69) is 33.3 Å². The van der Waals surface area contributed by atoms with Gasteiger partial charge < -0.3 is 10.3 Å². The van der Waals surface area contributed by atoms with Crippen molar-refractivity contribution in [3.05, 3.63) is 47.8 Å². The van der Waals surface area contributed by atoms with Gasteiger partial charge >= 0.3 is 0 Å². The average Bonchev–Trinajstić information content (AvgIpc) is 3.16. The number of nitrogens with one attached hydrogen (secondary N) is 2. The highest BCUT2D eigenvalue weighted by Gasteiger charge is 2.23. The van der Waals surface area contributed by atoms with E-state index in [1.807, 2.05) is 18.2 Å². The number of aryl methyl sites for hydroxylation is 1.